The number of nitrogens with zero attached hydrogens (tertiary/aromatic N) is 5. The average molecular weight is 367 g/mol. The molecule has 7 heteroatoms. The summed E-state index contributed by atoms with van der Waals surface area (Å²) in [5.74, 6) is 0.897. The van der Waals surface area contributed by atoms with E-state index in [0.717, 1.165) is 48.6 Å². The zero-order valence-corrected chi connectivity index (χ0v) is 15.0. The Kier molecular flexibility index (Phi) is 4.49. The Bertz CT molecular complexity index is 972. The van der Waals surface area contributed by atoms with Crippen molar-refractivity contribution in [1.82, 2.24) is 14.5 Å². The minimum atomic E-state index is 0.164. The van der Waals surface area contributed by atoms with Gasteiger partial charge in [0.25, 0.3) is 0 Å². The monoisotopic (exact) mass is 366 g/mol. The summed E-state index contributed by atoms with van der Waals surface area (Å²) < 4.78 is 2.16. The fourth-order valence-corrected chi connectivity index (χ4v) is 3.58. The Morgan fingerprint density at radius 3 is 2.92 bits per heavy atom. The third-order valence-corrected chi connectivity index (χ3v) is 4.92. The molecule has 1 fully saturated rings. The van der Waals surface area contributed by atoms with Gasteiger partial charge in [-0.3, -0.25) is 4.98 Å². The highest BCUT2D eigenvalue weighted by Crippen LogP contribution is 2.28. The molecule has 6 nitrogen and oxygen atoms in total. The van der Waals surface area contributed by atoms with Gasteiger partial charge in [-0.1, -0.05) is 17.7 Å². The molecule has 0 unspecified atom stereocenters. The third-order valence-electron chi connectivity index (χ3n) is 4.69. The number of rotatable bonds is 3. The Balaban J connectivity index is 1.77. The van der Waals surface area contributed by atoms with Crippen molar-refractivity contribution in [2.45, 2.75) is 25.4 Å². The molecule has 1 aromatic carbocycles. The van der Waals surface area contributed by atoms with Crippen LogP contribution in [0.5, 0.6) is 0 Å². The summed E-state index contributed by atoms with van der Waals surface area (Å²) in [7, 11) is 0. The first-order valence-corrected chi connectivity index (χ1v) is 9.00. The lowest BCUT2D eigenvalue weighted by molar-refractivity contribution is 0.495. The van der Waals surface area contributed by atoms with Crippen LogP contribution in [0.2, 0.25) is 5.02 Å². The van der Waals surface area contributed by atoms with E-state index in [2.05, 4.69) is 19.3 Å². The van der Waals surface area contributed by atoms with Crippen LogP contribution in [0.4, 0.5) is 11.6 Å². The van der Waals surface area contributed by atoms with Crippen molar-refractivity contribution < 1.29 is 0 Å². The molecule has 1 atom stereocenters. The molecule has 1 aliphatic heterocycles. The van der Waals surface area contributed by atoms with Gasteiger partial charge in [0.1, 0.15) is 0 Å². The van der Waals surface area contributed by atoms with Gasteiger partial charge in [-0.05, 0) is 37.1 Å². The second-order valence-corrected chi connectivity index (χ2v) is 7.04. The van der Waals surface area contributed by atoms with Crippen LogP contribution in [0.15, 0.2) is 36.5 Å². The van der Waals surface area contributed by atoms with Crippen molar-refractivity contribution in [1.29, 1.82) is 0 Å². The van der Waals surface area contributed by atoms with Gasteiger partial charge in [-0.15, -0.1) is 0 Å². The van der Waals surface area contributed by atoms with Crippen LogP contribution >= 0.6 is 11.6 Å². The van der Waals surface area contributed by atoms with Crippen LogP contribution < -0.4 is 10.6 Å². The van der Waals surface area contributed by atoms with E-state index in [-0.39, 0.29) is 6.04 Å². The number of aromatic nitrogens is 3. The standard InChI is InChI=1S/C19H19ClN6/c1-22-15-5-6-16(23-10-15)12-26-18-7-4-13(20)9-17(18)24-19(26)25-8-2-3-14(21)11-25/h4-7,9-10,14H,2-3,8,11-12,21H2/t14-/m0/s1. The number of hydrogen-bond acceptors (Lipinski definition) is 4. The molecule has 0 amide bonds. The SMILES string of the molecule is [C-]#[N+]c1ccc(Cn2c(N3CCC[C@H](N)C3)nc3cc(Cl)ccc32)nc1. The maximum atomic E-state index is 7.06. The summed E-state index contributed by atoms with van der Waals surface area (Å²) in [6, 6.07) is 9.60. The number of hydrogen-bond donors (Lipinski definition) is 1. The summed E-state index contributed by atoms with van der Waals surface area (Å²) in [6.45, 7) is 9.38. The van der Waals surface area contributed by atoms with E-state index >= 15 is 0 Å². The van der Waals surface area contributed by atoms with Gasteiger partial charge in [0, 0.05) is 30.4 Å². The Labute approximate surface area is 157 Å². The van der Waals surface area contributed by atoms with Crippen LogP contribution in [-0.2, 0) is 6.54 Å². The van der Waals surface area contributed by atoms with Crippen molar-refractivity contribution >= 4 is 34.3 Å². The first kappa shape index (κ1) is 16.8. The van der Waals surface area contributed by atoms with Crippen molar-refractivity contribution in [2.75, 3.05) is 18.0 Å². The summed E-state index contributed by atoms with van der Waals surface area (Å²) in [4.78, 5) is 14.9. The lowest BCUT2D eigenvalue weighted by Crippen LogP contribution is -2.44. The molecular weight excluding hydrogens is 348 g/mol. The molecule has 1 aliphatic rings. The molecule has 0 bridgehead atoms. The van der Waals surface area contributed by atoms with Gasteiger partial charge in [0.05, 0.1) is 29.8 Å². The molecule has 2 N–H and O–H groups in total. The third kappa shape index (κ3) is 3.24. The summed E-state index contributed by atoms with van der Waals surface area (Å²) in [5.41, 5.74) is 9.48. The number of pyridine rings is 1. The van der Waals surface area contributed by atoms with Crippen LogP contribution in [0, 0.1) is 6.57 Å². The molecule has 0 radical (unpaired) electrons. The Morgan fingerprint density at radius 1 is 1.31 bits per heavy atom. The number of halogens is 1. The number of imidazole rings is 1. The van der Waals surface area contributed by atoms with Gasteiger partial charge < -0.3 is 15.2 Å². The van der Waals surface area contributed by atoms with Gasteiger partial charge in [0.15, 0.2) is 0 Å². The van der Waals surface area contributed by atoms with E-state index in [1.54, 1.807) is 12.3 Å². The molecule has 0 spiro atoms. The molecule has 3 heterocycles. The number of nitrogens with two attached hydrogens (primary N) is 1. The zero-order valence-electron chi connectivity index (χ0n) is 14.3. The molecule has 132 valence electrons. The molecule has 3 aromatic rings. The highest BCUT2D eigenvalue weighted by atomic mass is 35.5. The molecule has 0 saturated carbocycles. The van der Waals surface area contributed by atoms with E-state index in [1.165, 1.54) is 0 Å². The predicted octanol–water partition coefficient (Wildman–Crippen LogP) is 3.61. The summed E-state index contributed by atoms with van der Waals surface area (Å²) in [5, 5.41) is 0.670. The van der Waals surface area contributed by atoms with Crippen molar-refractivity contribution in [3.05, 3.63) is 58.7 Å². The fourth-order valence-electron chi connectivity index (χ4n) is 3.42. The predicted molar refractivity (Wildman–Crippen MR) is 104 cm³/mol. The maximum Gasteiger partial charge on any atom is 0.206 e. The molecule has 4 rings (SSSR count). The van der Waals surface area contributed by atoms with Crippen LogP contribution in [0.1, 0.15) is 18.5 Å². The second-order valence-electron chi connectivity index (χ2n) is 6.60. The van der Waals surface area contributed by atoms with E-state index < -0.39 is 0 Å². The van der Waals surface area contributed by atoms with Gasteiger partial charge in [-0.25, -0.2) is 9.83 Å². The van der Waals surface area contributed by atoms with Gasteiger partial charge >= 0.3 is 0 Å². The molecular formula is C19H19ClN6. The highest BCUT2D eigenvalue weighted by molar-refractivity contribution is 6.31. The number of piperidine rings is 1. The normalized spacial score (nSPS) is 17.4. The zero-order chi connectivity index (χ0) is 18.1. The van der Waals surface area contributed by atoms with Gasteiger partial charge in [0.2, 0.25) is 11.6 Å². The summed E-state index contributed by atoms with van der Waals surface area (Å²) in [6.07, 6.45) is 3.71. The molecule has 2 aromatic heterocycles. The first-order chi connectivity index (χ1) is 12.6. The topological polar surface area (TPSA) is 64.3 Å². The first-order valence-electron chi connectivity index (χ1n) is 8.63. The van der Waals surface area contributed by atoms with E-state index in [1.807, 2.05) is 24.3 Å². The maximum absolute atomic E-state index is 7.06. The Morgan fingerprint density at radius 2 is 2.19 bits per heavy atom. The summed E-state index contributed by atoms with van der Waals surface area (Å²) >= 11 is 6.16. The molecule has 0 aliphatic carbocycles. The van der Waals surface area contributed by atoms with Crippen LogP contribution in [0.25, 0.3) is 15.9 Å². The van der Waals surface area contributed by atoms with E-state index in [4.69, 9.17) is 28.9 Å². The number of benzene rings is 1. The number of fused-ring (bicyclic) bond motifs is 1. The average Bonchev–Trinajstić information content (AvgIpc) is 3.00. The minimum Gasteiger partial charge on any atom is -0.341 e. The van der Waals surface area contributed by atoms with E-state index in [0.29, 0.717) is 17.3 Å². The van der Waals surface area contributed by atoms with Gasteiger partial charge in [-0.2, -0.15) is 0 Å². The lowest BCUT2D eigenvalue weighted by atomic mass is 10.1. The van der Waals surface area contributed by atoms with Crippen molar-refractivity contribution in [3.63, 3.8) is 0 Å². The van der Waals surface area contributed by atoms with Crippen LogP contribution in [-0.4, -0.2) is 33.7 Å². The van der Waals surface area contributed by atoms with Crippen molar-refractivity contribution in [3.8, 4) is 0 Å². The molecule has 1 saturated heterocycles. The molecule has 26 heavy (non-hydrogen) atoms. The van der Waals surface area contributed by atoms with Crippen LogP contribution in [0.3, 0.4) is 0 Å². The quantitative estimate of drug-likeness (QED) is 0.719. The number of anilines is 1. The lowest BCUT2D eigenvalue weighted by Gasteiger charge is -2.32. The van der Waals surface area contributed by atoms with Crippen molar-refractivity contribution in [2.24, 2.45) is 5.73 Å². The smallest absolute Gasteiger partial charge is 0.206 e. The second kappa shape index (κ2) is 6.94. The highest BCUT2D eigenvalue weighted by Gasteiger charge is 2.23. The minimum absolute atomic E-state index is 0.164. The largest absolute Gasteiger partial charge is 0.341 e. The Hall–Kier alpha value is -2.62. The van der Waals surface area contributed by atoms with E-state index in [9.17, 15) is 0 Å². The fraction of sp³-hybridized carbons (Fsp3) is 0.316.